The highest BCUT2D eigenvalue weighted by molar-refractivity contribution is 5.26. The molecule has 0 fully saturated rings. The summed E-state index contributed by atoms with van der Waals surface area (Å²) in [6.07, 6.45) is 6.18. The van der Waals surface area contributed by atoms with E-state index < -0.39 is 0 Å². The van der Waals surface area contributed by atoms with Gasteiger partial charge < -0.3 is 10.1 Å². The first-order valence-corrected chi connectivity index (χ1v) is 8.21. The van der Waals surface area contributed by atoms with E-state index in [1.54, 1.807) is 0 Å². The summed E-state index contributed by atoms with van der Waals surface area (Å²) in [5.74, 6) is 0.911. The van der Waals surface area contributed by atoms with Crippen LogP contribution in [-0.2, 0) is 17.6 Å². The summed E-state index contributed by atoms with van der Waals surface area (Å²) in [7, 11) is 0. The van der Waals surface area contributed by atoms with Crippen LogP contribution >= 0.6 is 0 Å². The first-order valence-electron chi connectivity index (χ1n) is 8.21. The second kappa shape index (κ2) is 7.32. The zero-order valence-corrected chi connectivity index (χ0v) is 13.9. The van der Waals surface area contributed by atoms with Crippen molar-refractivity contribution in [2.45, 2.75) is 59.4 Å². The van der Waals surface area contributed by atoms with Gasteiger partial charge in [0.05, 0.1) is 6.61 Å². The van der Waals surface area contributed by atoms with Crippen molar-refractivity contribution >= 4 is 0 Å². The van der Waals surface area contributed by atoms with E-state index in [4.69, 9.17) is 9.72 Å². The first-order chi connectivity index (χ1) is 10.1. The van der Waals surface area contributed by atoms with Crippen molar-refractivity contribution in [3.05, 3.63) is 23.3 Å². The highest BCUT2D eigenvalue weighted by atomic mass is 16.5. The summed E-state index contributed by atoms with van der Waals surface area (Å²) in [4.78, 5) is 9.35. The molecule has 1 aromatic rings. The number of hydrogen-bond acceptors (Lipinski definition) is 4. The Labute approximate surface area is 128 Å². The lowest BCUT2D eigenvalue weighted by Gasteiger charge is -2.36. The van der Waals surface area contributed by atoms with Crippen LogP contribution in [0.5, 0.6) is 0 Å². The highest BCUT2D eigenvalue weighted by Crippen LogP contribution is 2.39. The molecule has 1 unspecified atom stereocenters. The van der Waals surface area contributed by atoms with Crippen molar-refractivity contribution in [1.82, 2.24) is 15.3 Å². The van der Waals surface area contributed by atoms with E-state index in [9.17, 15) is 0 Å². The van der Waals surface area contributed by atoms with Crippen molar-refractivity contribution in [2.24, 2.45) is 5.41 Å². The number of hydrogen-bond donors (Lipinski definition) is 1. The number of fused-ring (bicyclic) bond motifs is 1. The maximum Gasteiger partial charge on any atom is 0.130 e. The van der Waals surface area contributed by atoms with Gasteiger partial charge in [-0.3, -0.25) is 0 Å². The fourth-order valence-corrected chi connectivity index (χ4v) is 3.02. The Morgan fingerprint density at radius 1 is 1.38 bits per heavy atom. The molecule has 0 aliphatic heterocycles. The van der Waals surface area contributed by atoms with Crippen molar-refractivity contribution in [1.29, 1.82) is 0 Å². The summed E-state index contributed by atoms with van der Waals surface area (Å²) in [5.41, 5.74) is 2.81. The Hall–Kier alpha value is -1.00. The van der Waals surface area contributed by atoms with E-state index in [1.165, 1.54) is 11.3 Å². The van der Waals surface area contributed by atoms with Gasteiger partial charge in [0.25, 0.3) is 0 Å². The SMILES string of the molecule is CCCNC1CC(C)(C)Cc2nc(CCOCC)ncc21. The Kier molecular flexibility index (Phi) is 5.71. The van der Waals surface area contributed by atoms with Crippen LogP contribution in [0.4, 0.5) is 0 Å². The normalized spacial score (nSPS) is 20.3. The first kappa shape index (κ1) is 16.4. The predicted octanol–water partition coefficient (Wildman–Crippen LogP) is 3.07. The quantitative estimate of drug-likeness (QED) is 0.784. The second-order valence-electron chi connectivity index (χ2n) is 6.69. The van der Waals surface area contributed by atoms with Crippen LogP contribution < -0.4 is 5.32 Å². The van der Waals surface area contributed by atoms with E-state index >= 15 is 0 Å². The van der Waals surface area contributed by atoms with Crippen LogP contribution in [0.1, 0.15) is 63.7 Å². The molecule has 21 heavy (non-hydrogen) atoms. The second-order valence-corrected chi connectivity index (χ2v) is 6.69. The summed E-state index contributed by atoms with van der Waals surface area (Å²) in [5, 5.41) is 3.65. The molecule has 1 atom stereocenters. The molecule has 1 N–H and O–H groups in total. The fourth-order valence-electron chi connectivity index (χ4n) is 3.02. The molecule has 4 heteroatoms. The van der Waals surface area contributed by atoms with Crippen LogP contribution in [0.25, 0.3) is 0 Å². The molecule has 0 saturated heterocycles. The molecule has 0 radical (unpaired) electrons. The van der Waals surface area contributed by atoms with Crippen LogP contribution in [0.2, 0.25) is 0 Å². The van der Waals surface area contributed by atoms with Gasteiger partial charge in [-0.15, -0.1) is 0 Å². The topological polar surface area (TPSA) is 47.0 Å². The number of nitrogens with zero attached hydrogens (tertiary/aromatic N) is 2. The average molecular weight is 291 g/mol. The van der Waals surface area contributed by atoms with Gasteiger partial charge in [0.15, 0.2) is 0 Å². The minimum absolute atomic E-state index is 0.296. The molecule has 1 aliphatic rings. The van der Waals surface area contributed by atoms with Crippen LogP contribution in [-0.4, -0.2) is 29.7 Å². The molecule has 0 spiro atoms. The van der Waals surface area contributed by atoms with Crippen molar-refractivity contribution in [3.63, 3.8) is 0 Å². The Bertz CT molecular complexity index is 459. The number of ether oxygens (including phenoxy) is 1. The molecule has 0 saturated carbocycles. The fraction of sp³-hybridized carbons (Fsp3) is 0.765. The molecule has 1 aliphatic carbocycles. The molecule has 0 amide bonds. The lowest BCUT2D eigenvalue weighted by molar-refractivity contribution is 0.149. The summed E-state index contributed by atoms with van der Waals surface area (Å²) >= 11 is 0. The van der Waals surface area contributed by atoms with E-state index in [1.807, 2.05) is 13.1 Å². The van der Waals surface area contributed by atoms with Gasteiger partial charge >= 0.3 is 0 Å². The summed E-state index contributed by atoms with van der Waals surface area (Å²) in [6.45, 7) is 11.4. The molecule has 1 aromatic heterocycles. The lowest BCUT2D eigenvalue weighted by atomic mass is 9.74. The summed E-state index contributed by atoms with van der Waals surface area (Å²) in [6, 6.07) is 0.393. The zero-order valence-electron chi connectivity index (χ0n) is 13.9. The van der Waals surface area contributed by atoms with Gasteiger partial charge in [0, 0.05) is 36.5 Å². The Balaban J connectivity index is 2.15. The maximum absolute atomic E-state index is 5.40. The van der Waals surface area contributed by atoms with E-state index in [2.05, 4.69) is 31.1 Å². The zero-order chi connectivity index (χ0) is 15.3. The minimum Gasteiger partial charge on any atom is -0.381 e. The third-order valence-corrected chi connectivity index (χ3v) is 4.04. The molecule has 0 aromatic carbocycles. The minimum atomic E-state index is 0.296. The van der Waals surface area contributed by atoms with Crippen molar-refractivity contribution in [3.8, 4) is 0 Å². The highest BCUT2D eigenvalue weighted by Gasteiger charge is 2.33. The van der Waals surface area contributed by atoms with E-state index in [0.29, 0.717) is 18.1 Å². The number of aromatic nitrogens is 2. The Morgan fingerprint density at radius 3 is 2.90 bits per heavy atom. The van der Waals surface area contributed by atoms with E-state index in [-0.39, 0.29) is 0 Å². The summed E-state index contributed by atoms with van der Waals surface area (Å²) < 4.78 is 5.40. The van der Waals surface area contributed by atoms with Gasteiger partial charge in [0.2, 0.25) is 0 Å². The van der Waals surface area contributed by atoms with Crippen molar-refractivity contribution < 1.29 is 4.74 Å². The third kappa shape index (κ3) is 4.48. The molecule has 2 rings (SSSR count). The van der Waals surface area contributed by atoms with Gasteiger partial charge in [0.1, 0.15) is 5.82 Å². The average Bonchev–Trinajstić information content (AvgIpc) is 2.43. The molecule has 0 bridgehead atoms. The monoisotopic (exact) mass is 291 g/mol. The molecule has 118 valence electrons. The predicted molar refractivity (Wildman–Crippen MR) is 85.4 cm³/mol. The molecular formula is C17H29N3O. The van der Waals surface area contributed by atoms with Crippen LogP contribution in [0.15, 0.2) is 6.20 Å². The molecular weight excluding hydrogens is 262 g/mol. The lowest BCUT2D eigenvalue weighted by Crippen LogP contribution is -2.34. The van der Waals surface area contributed by atoms with Crippen molar-refractivity contribution in [2.75, 3.05) is 19.8 Å². The maximum atomic E-state index is 5.40. The van der Waals surface area contributed by atoms with Gasteiger partial charge in [-0.25, -0.2) is 9.97 Å². The number of rotatable bonds is 7. The van der Waals surface area contributed by atoms with E-state index in [0.717, 1.165) is 44.7 Å². The van der Waals surface area contributed by atoms with Gasteiger partial charge in [-0.2, -0.15) is 0 Å². The van der Waals surface area contributed by atoms with Crippen LogP contribution in [0, 0.1) is 5.41 Å². The van der Waals surface area contributed by atoms with Crippen LogP contribution in [0.3, 0.4) is 0 Å². The number of nitrogens with one attached hydrogen (secondary N) is 1. The Morgan fingerprint density at radius 2 is 2.19 bits per heavy atom. The van der Waals surface area contributed by atoms with Gasteiger partial charge in [-0.05, 0) is 38.1 Å². The third-order valence-electron chi connectivity index (χ3n) is 4.04. The molecule has 1 heterocycles. The molecule has 4 nitrogen and oxygen atoms in total. The standard InChI is InChI=1S/C17H29N3O/c1-5-8-18-14-10-17(3,4)11-15-13(14)12-19-16(20-15)7-9-21-6-2/h12,14,18H,5-11H2,1-4H3. The smallest absolute Gasteiger partial charge is 0.130 e. The largest absolute Gasteiger partial charge is 0.381 e. The van der Waals surface area contributed by atoms with Gasteiger partial charge in [-0.1, -0.05) is 20.8 Å².